The average Bonchev–Trinajstić information content (AvgIpc) is 2.77. The molecule has 2 nitrogen and oxygen atoms in total. The Hall–Kier alpha value is -2.09. The van der Waals surface area contributed by atoms with Crippen LogP contribution in [0.5, 0.6) is 0 Å². The highest BCUT2D eigenvalue weighted by molar-refractivity contribution is 5.61. The van der Waals surface area contributed by atoms with Gasteiger partial charge in [-0.3, -0.25) is 0 Å². The van der Waals surface area contributed by atoms with Crippen LogP contribution in [-0.2, 0) is 0 Å². The number of nitrogens with zero attached hydrogens (tertiary/aromatic N) is 2. The molecule has 0 saturated heterocycles. The molecule has 72 valence electrons. The van der Waals surface area contributed by atoms with E-state index in [1.165, 1.54) is 0 Å². The summed E-state index contributed by atoms with van der Waals surface area (Å²) in [5, 5.41) is 0. The van der Waals surface area contributed by atoms with Crippen molar-refractivity contribution in [1.29, 1.82) is 0 Å². The molecule has 1 aromatic carbocycles. The van der Waals surface area contributed by atoms with Crippen LogP contribution in [0.3, 0.4) is 0 Å². The van der Waals surface area contributed by atoms with Gasteiger partial charge in [-0.1, -0.05) is 30.3 Å². The average molecular weight is 194 g/mol. The Morgan fingerprint density at radius 2 is 1.67 bits per heavy atom. The Bertz CT molecular complexity index is 582. The molecule has 3 rings (SSSR count). The number of hydrogen-bond donors (Lipinski definition) is 0. The first-order valence-electron chi connectivity index (χ1n) is 4.93. The second-order valence-electron chi connectivity index (χ2n) is 3.45. The summed E-state index contributed by atoms with van der Waals surface area (Å²) in [7, 11) is 0. The molecular formula is C13H10N2. The summed E-state index contributed by atoms with van der Waals surface area (Å²) < 4.78 is 2.01. The van der Waals surface area contributed by atoms with Gasteiger partial charge >= 0.3 is 0 Å². The lowest BCUT2D eigenvalue weighted by Crippen LogP contribution is -1.88. The van der Waals surface area contributed by atoms with Crippen molar-refractivity contribution in [1.82, 2.24) is 9.38 Å². The molecule has 0 aliphatic rings. The van der Waals surface area contributed by atoms with Crippen molar-refractivity contribution in [3.8, 4) is 11.3 Å². The largest absolute Gasteiger partial charge is 0.309 e. The topological polar surface area (TPSA) is 17.3 Å². The molecule has 2 aromatic heterocycles. The Balaban J connectivity index is 2.19. The van der Waals surface area contributed by atoms with Gasteiger partial charge in [-0.05, 0) is 18.2 Å². The Morgan fingerprint density at radius 3 is 2.53 bits per heavy atom. The molecule has 0 bridgehead atoms. The smallest absolute Gasteiger partial charge is 0.137 e. The van der Waals surface area contributed by atoms with Crippen molar-refractivity contribution in [3.63, 3.8) is 0 Å². The summed E-state index contributed by atoms with van der Waals surface area (Å²) in [6, 6.07) is 16.2. The Labute approximate surface area is 87.8 Å². The number of aromatic nitrogens is 2. The van der Waals surface area contributed by atoms with Gasteiger partial charge in [-0.2, -0.15) is 0 Å². The van der Waals surface area contributed by atoms with E-state index in [0.717, 1.165) is 16.9 Å². The second kappa shape index (κ2) is 3.24. The van der Waals surface area contributed by atoms with E-state index >= 15 is 0 Å². The van der Waals surface area contributed by atoms with Gasteiger partial charge in [-0.15, -0.1) is 0 Å². The van der Waals surface area contributed by atoms with Gasteiger partial charge in [0.25, 0.3) is 0 Å². The minimum Gasteiger partial charge on any atom is -0.309 e. The standard InChI is InChI=1S/C13H10N2/c1-2-5-11(6-3-1)12-8-10-15-9-4-7-13(15)14-12/h1-10H. The van der Waals surface area contributed by atoms with Crippen LogP contribution < -0.4 is 0 Å². The molecule has 0 atom stereocenters. The predicted octanol–water partition coefficient (Wildman–Crippen LogP) is 3.00. The van der Waals surface area contributed by atoms with E-state index in [2.05, 4.69) is 17.1 Å². The molecule has 0 saturated carbocycles. The van der Waals surface area contributed by atoms with Gasteiger partial charge in [-0.25, -0.2) is 4.98 Å². The van der Waals surface area contributed by atoms with Gasteiger partial charge < -0.3 is 4.40 Å². The van der Waals surface area contributed by atoms with E-state index in [0.29, 0.717) is 0 Å². The van der Waals surface area contributed by atoms with Crippen LogP contribution in [0.1, 0.15) is 0 Å². The normalized spacial score (nSPS) is 10.7. The van der Waals surface area contributed by atoms with Crippen LogP contribution >= 0.6 is 0 Å². The van der Waals surface area contributed by atoms with E-state index in [4.69, 9.17) is 0 Å². The SMILES string of the molecule is c1ccc(-c2ccn3cccc3n2)cc1. The van der Waals surface area contributed by atoms with Gasteiger partial charge in [0.1, 0.15) is 5.65 Å². The number of rotatable bonds is 1. The quantitative estimate of drug-likeness (QED) is 0.582. The lowest BCUT2D eigenvalue weighted by molar-refractivity contribution is 1.14. The summed E-state index contributed by atoms with van der Waals surface area (Å²) in [5.74, 6) is 0. The van der Waals surface area contributed by atoms with Crippen molar-refractivity contribution in [3.05, 3.63) is 60.9 Å². The monoisotopic (exact) mass is 194 g/mol. The number of benzene rings is 1. The molecule has 0 unspecified atom stereocenters. The van der Waals surface area contributed by atoms with Crippen molar-refractivity contribution in [2.24, 2.45) is 0 Å². The zero-order valence-corrected chi connectivity index (χ0v) is 8.17. The third kappa shape index (κ3) is 1.40. The molecule has 0 fully saturated rings. The minimum absolute atomic E-state index is 0.983. The first-order chi connectivity index (χ1) is 7.43. The maximum atomic E-state index is 4.57. The highest BCUT2D eigenvalue weighted by atomic mass is 15.0. The lowest BCUT2D eigenvalue weighted by Gasteiger charge is -2.01. The zero-order valence-electron chi connectivity index (χ0n) is 8.17. The fourth-order valence-corrected chi connectivity index (χ4v) is 1.69. The highest BCUT2D eigenvalue weighted by Crippen LogP contribution is 2.16. The van der Waals surface area contributed by atoms with Crippen LogP contribution in [-0.4, -0.2) is 9.38 Å². The summed E-state index contributed by atoms with van der Waals surface area (Å²) in [6.07, 6.45) is 4.03. The first kappa shape index (κ1) is 8.24. The molecule has 0 aliphatic heterocycles. The van der Waals surface area contributed by atoms with Crippen LogP contribution in [0.25, 0.3) is 16.9 Å². The maximum absolute atomic E-state index is 4.57. The van der Waals surface area contributed by atoms with Crippen LogP contribution in [0.2, 0.25) is 0 Å². The van der Waals surface area contributed by atoms with E-state index in [-0.39, 0.29) is 0 Å². The molecule has 0 amide bonds. The zero-order chi connectivity index (χ0) is 10.1. The molecule has 2 heterocycles. The molecule has 15 heavy (non-hydrogen) atoms. The van der Waals surface area contributed by atoms with Crippen molar-refractivity contribution in [2.75, 3.05) is 0 Å². The third-order valence-corrected chi connectivity index (χ3v) is 2.45. The van der Waals surface area contributed by atoms with Crippen LogP contribution in [0.4, 0.5) is 0 Å². The molecule has 0 spiro atoms. The lowest BCUT2D eigenvalue weighted by atomic mass is 10.1. The van der Waals surface area contributed by atoms with Crippen molar-refractivity contribution < 1.29 is 0 Å². The van der Waals surface area contributed by atoms with Gasteiger partial charge in [0.15, 0.2) is 0 Å². The summed E-state index contributed by atoms with van der Waals surface area (Å²) in [4.78, 5) is 4.57. The third-order valence-electron chi connectivity index (χ3n) is 2.45. The molecule has 0 radical (unpaired) electrons. The van der Waals surface area contributed by atoms with Crippen LogP contribution in [0.15, 0.2) is 60.9 Å². The van der Waals surface area contributed by atoms with E-state index < -0.39 is 0 Å². The minimum atomic E-state index is 0.983. The molecule has 0 N–H and O–H groups in total. The molecular weight excluding hydrogens is 184 g/mol. The number of fused-ring (bicyclic) bond motifs is 1. The molecule has 2 heteroatoms. The predicted molar refractivity (Wildman–Crippen MR) is 60.6 cm³/mol. The summed E-state index contributed by atoms with van der Waals surface area (Å²) >= 11 is 0. The number of hydrogen-bond acceptors (Lipinski definition) is 1. The fraction of sp³-hybridized carbons (Fsp3) is 0. The first-order valence-corrected chi connectivity index (χ1v) is 4.93. The highest BCUT2D eigenvalue weighted by Gasteiger charge is 1.99. The maximum Gasteiger partial charge on any atom is 0.137 e. The second-order valence-corrected chi connectivity index (χ2v) is 3.45. The summed E-state index contributed by atoms with van der Waals surface area (Å²) in [6.45, 7) is 0. The summed E-state index contributed by atoms with van der Waals surface area (Å²) in [5.41, 5.74) is 3.15. The Morgan fingerprint density at radius 1 is 0.800 bits per heavy atom. The van der Waals surface area contributed by atoms with E-state index in [1.54, 1.807) is 0 Å². The van der Waals surface area contributed by atoms with Crippen LogP contribution in [0, 0.1) is 0 Å². The van der Waals surface area contributed by atoms with Gasteiger partial charge in [0.2, 0.25) is 0 Å². The fourth-order valence-electron chi connectivity index (χ4n) is 1.69. The van der Waals surface area contributed by atoms with Crippen molar-refractivity contribution in [2.45, 2.75) is 0 Å². The van der Waals surface area contributed by atoms with E-state index in [9.17, 15) is 0 Å². The van der Waals surface area contributed by atoms with Gasteiger partial charge in [0.05, 0.1) is 5.69 Å². The van der Waals surface area contributed by atoms with Gasteiger partial charge in [0, 0.05) is 18.0 Å². The van der Waals surface area contributed by atoms with E-state index in [1.807, 2.05) is 53.2 Å². The molecule has 3 aromatic rings. The Kier molecular flexibility index (Phi) is 1.78. The van der Waals surface area contributed by atoms with Crippen molar-refractivity contribution >= 4 is 5.65 Å². The molecule has 0 aliphatic carbocycles.